The molecule has 0 saturated heterocycles. The van der Waals surface area contributed by atoms with Crippen LogP contribution in [0.4, 0.5) is 26.3 Å². The van der Waals surface area contributed by atoms with E-state index in [1.165, 1.54) is 38.7 Å². The Morgan fingerprint density at radius 2 is 1.10 bits per heavy atom. The number of benzene rings is 1. The highest BCUT2D eigenvalue weighted by atomic mass is 19.4. The molecule has 11 nitrogen and oxygen atoms in total. The Morgan fingerprint density at radius 3 is 1.52 bits per heavy atom. The molecule has 0 atom stereocenters. The smallest absolute Gasteiger partial charge is 0.394 e. The monoisotopic (exact) mass is 702 g/mol. The van der Waals surface area contributed by atoms with Gasteiger partial charge in [-0.05, 0) is 42.0 Å². The molecule has 264 valence electrons. The van der Waals surface area contributed by atoms with E-state index in [0.717, 1.165) is 22.4 Å². The number of pyridine rings is 2. The highest BCUT2D eigenvalue weighted by molar-refractivity contribution is 5.93. The van der Waals surface area contributed by atoms with Gasteiger partial charge in [0, 0.05) is 28.2 Å². The van der Waals surface area contributed by atoms with E-state index in [1.54, 1.807) is 64.6 Å². The van der Waals surface area contributed by atoms with Gasteiger partial charge >= 0.3 is 12.4 Å². The molecule has 5 rings (SSSR count). The Labute approximate surface area is 282 Å². The minimum Gasteiger partial charge on any atom is -0.394 e. The Balaban J connectivity index is 0.000000228. The summed E-state index contributed by atoms with van der Waals surface area (Å²) in [5.41, 5.74) is -0.311. The third kappa shape index (κ3) is 9.10. The van der Waals surface area contributed by atoms with Crippen LogP contribution in [0.5, 0.6) is 0 Å². The number of amides is 2. The van der Waals surface area contributed by atoms with Crippen molar-refractivity contribution in [1.82, 2.24) is 39.3 Å². The van der Waals surface area contributed by atoms with Crippen LogP contribution in [0.25, 0.3) is 22.8 Å². The number of nitrogens with zero attached hydrogens (tertiary/aromatic N) is 8. The van der Waals surface area contributed by atoms with Crippen molar-refractivity contribution in [2.24, 2.45) is 0 Å². The molecule has 0 unspecified atom stereocenters. The van der Waals surface area contributed by atoms with Gasteiger partial charge in [0.05, 0.1) is 42.5 Å². The fourth-order valence-electron chi connectivity index (χ4n) is 4.52. The van der Waals surface area contributed by atoms with Crippen LogP contribution >= 0.6 is 0 Å². The molecule has 4 heterocycles. The second kappa shape index (κ2) is 15.3. The molecule has 0 saturated carbocycles. The number of hydrogen-bond acceptors (Lipinski definition) is 7. The summed E-state index contributed by atoms with van der Waals surface area (Å²) in [5, 5.41) is 16.2. The average Bonchev–Trinajstić information content (AvgIpc) is 3.70. The van der Waals surface area contributed by atoms with Gasteiger partial charge in [0.2, 0.25) is 0 Å². The molecule has 50 heavy (non-hydrogen) atoms. The first-order valence-corrected chi connectivity index (χ1v) is 14.8. The predicted octanol–water partition coefficient (Wildman–Crippen LogP) is 5.37. The molecule has 0 spiro atoms. The Kier molecular flexibility index (Phi) is 11.4. The van der Waals surface area contributed by atoms with Crippen molar-refractivity contribution >= 4 is 11.8 Å². The Morgan fingerprint density at radius 1 is 0.660 bits per heavy atom. The van der Waals surface area contributed by atoms with Gasteiger partial charge in [0.15, 0.2) is 11.4 Å². The minimum absolute atomic E-state index is 0.0831. The van der Waals surface area contributed by atoms with Crippen molar-refractivity contribution in [3.63, 3.8) is 0 Å². The molecular formula is C33H32F6N8O3. The number of hydrogen-bond donors (Lipinski definition) is 1. The first kappa shape index (κ1) is 37.2. The van der Waals surface area contributed by atoms with Gasteiger partial charge in [-0.15, -0.1) is 0 Å². The molecule has 17 heteroatoms. The molecule has 0 radical (unpaired) electrons. The van der Waals surface area contributed by atoms with Crippen LogP contribution in [0.2, 0.25) is 0 Å². The quantitative estimate of drug-likeness (QED) is 0.216. The lowest BCUT2D eigenvalue weighted by atomic mass is 10.2. The van der Waals surface area contributed by atoms with Crippen molar-refractivity contribution in [3.8, 4) is 22.8 Å². The zero-order valence-corrected chi connectivity index (χ0v) is 27.2. The van der Waals surface area contributed by atoms with Gasteiger partial charge in [-0.1, -0.05) is 42.5 Å². The molecule has 5 aromatic rings. The van der Waals surface area contributed by atoms with E-state index in [4.69, 9.17) is 5.11 Å². The first-order valence-electron chi connectivity index (χ1n) is 14.8. The van der Waals surface area contributed by atoms with Gasteiger partial charge in [0.1, 0.15) is 11.4 Å². The largest absolute Gasteiger partial charge is 0.435 e. The van der Waals surface area contributed by atoms with Crippen LogP contribution in [-0.4, -0.2) is 91.0 Å². The molecule has 0 aliphatic rings. The third-order valence-corrected chi connectivity index (χ3v) is 6.90. The lowest BCUT2D eigenvalue weighted by Crippen LogP contribution is -2.22. The van der Waals surface area contributed by atoms with Crippen molar-refractivity contribution in [1.29, 1.82) is 0 Å². The van der Waals surface area contributed by atoms with E-state index in [-0.39, 0.29) is 65.7 Å². The van der Waals surface area contributed by atoms with E-state index in [2.05, 4.69) is 20.2 Å². The Hall–Kier alpha value is -5.58. The van der Waals surface area contributed by atoms with Crippen LogP contribution in [0, 0.1) is 0 Å². The molecule has 2 amide bonds. The number of halogens is 6. The molecule has 1 N–H and O–H groups in total. The summed E-state index contributed by atoms with van der Waals surface area (Å²) in [4.78, 5) is 35.1. The summed E-state index contributed by atoms with van der Waals surface area (Å²) in [6.45, 7) is -0.332. The van der Waals surface area contributed by atoms with Gasteiger partial charge in [0.25, 0.3) is 11.8 Å². The van der Waals surface area contributed by atoms with Crippen LogP contribution < -0.4 is 0 Å². The molecule has 0 fully saturated rings. The summed E-state index contributed by atoms with van der Waals surface area (Å²) < 4.78 is 80.3. The maximum Gasteiger partial charge on any atom is 0.435 e. The molecule has 4 aromatic heterocycles. The van der Waals surface area contributed by atoms with E-state index in [0.29, 0.717) is 0 Å². The maximum absolute atomic E-state index is 13.2. The summed E-state index contributed by atoms with van der Waals surface area (Å²) in [7, 11) is 6.26. The molecular weight excluding hydrogens is 670 g/mol. The van der Waals surface area contributed by atoms with E-state index >= 15 is 0 Å². The van der Waals surface area contributed by atoms with Crippen LogP contribution in [0.1, 0.15) is 37.9 Å². The third-order valence-electron chi connectivity index (χ3n) is 6.90. The summed E-state index contributed by atoms with van der Waals surface area (Å²) in [6.07, 6.45) is -9.18. The number of rotatable bonds is 8. The SMILES string of the molecule is CN(C)C(=O)c1cccc(-c2cc(C(F)(F)F)nn2CCO)n1.CN(C)C(=O)c1cccc(-c2cc(C(F)(F)F)nn2Cc2ccccc2)n1. The standard InChI is InChI=1S/C19H17F3N4O.C14H15F3N4O2/c1-25(2)18(27)15-10-6-9-14(23-15)16-11-17(19(20,21)22)24-26(16)12-13-7-4-3-5-8-13;1-20(2)13(23)10-5-3-4-9(18-10)11-8-12(14(15,16)17)19-21(11)6-7-22/h3-11H,12H2,1-2H3;3-5,8,22H,6-7H2,1-2H3. The lowest BCUT2D eigenvalue weighted by Gasteiger charge is -2.11. The zero-order chi connectivity index (χ0) is 36.8. The van der Waals surface area contributed by atoms with Crippen molar-refractivity contribution in [2.75, 3.05) is 34.8 Å². The second-order valence-electron chi connectivity index (χ2n) is 11.1. The number of aromatic nitrogens is 6. The zero-order valence-electron chi connectivity index (χ0n) is 27.2. The van der Waals surface area contributed by atoms with Crippen molar-refractivity contribution in [3.05, 3.63) is 107 Å². The van der Waals surface area contributed by atoms with E-state index in [9.17, 15) is 35.9 Å². The maximum atomic E-state index is 13.2. The van der Waals surface area contributed by atoms with Gasteiger partial charge in [-0.3, -0.25) is 19.0 Å². The van der Waals surface area contributed by atoms with Crippen LogP contribution in [0.3, 0.4) is 0 Å². The van der Waals surface area contributed by atoms with Gasteiger partial charge in [-0.25, -0.2) is 9.97 Å². The van der Waals surface area contributed by atoms with Crippen molar-refractivity contribution in [2.45, 2.75) is 25.4 Å². The summed E-state index contributed by atoms with van der Waals surface area (Å²) >= 11 is 0. The second-order valence-corrected chi connectivity index (χ2v) is 11.1. The van der Waals surface area contributed by atoms with E-state index in [1.807, 2.05) is 6.07 Å². The molecule has 0 bridgehead atoms. The molecule has 0 aliphatic heterocycles. The number of carbonyl (C=O) groups is 2. The highest BCUT2D eigenvalue weighted by Crippen LogP contribution is 2.33. The van der Waals surface area contributed by atoms with Gasteiger partial charge < -0.3 is 14.9 Å². The fraction of sp³-hybridized carbons (Fsp3) is 0.273. The lowest BCUT2D eigenvalue weighted by molar-refractivity contribution is -0.142. The normalized spacial score (nSPS) is 11.5. The fourth-order valence-corrected chi connectivity index (χ4v) is 4.52. The summed E-state index contributed by atoms with van der Waals surface area (Å²) in [5.74, 6) is -0.696. The predicted molar refractivity (Wildman–Crippen MR) is 170 cm³/mol. The van der Waals surface area contributed by atoms with Crippen molar-refractivity contribution < 1.29 is 41.0 Å². The first-order chi connectivity index (χ1) is 23.5. The molecule has 1 aromatic carbocycles. The van der Waals surface area contributed by atoms with Crippen LogP contribution in [-0.2, 0) is 25.4 Å². The highest BCUT2D eigenvalue weighted by Gasteiger charge is 2.36. The van der Waals surface area contributed by atoms with Gasteiger partial charge in [-0.2, -0.15) is 36.5 Å². The topological polar surface area (TPSA) is 122 Å². The molecule has 0 aliphatic carbocycles. The Bertz CT molecular complexity index is 1940. The van der Waals surface area contributed by atoms with Crippen LogP contribution in [0.15, 0.2) is 78.9 Å². The van der Waals surface area contributed by atoms with E-state index < -0.39 is 23.7 Å². The average molecular weight is 703 g/mol. The number of alkyl halides is 6. The number of aliphatic hydroxyl groups excluding tert-OH is 1. The number of carbonyl (C=O) groups excluding carboxylic acids is 2. The minimum atomic E-state index is -4.60. The summed E-state index contributed by atoms with van der Waals surface area (Å²) in [6, 6.07) is 20.0. The number of aliphatic hydroxyl groups is 1.